The highest BCUT2D eigenvalue weighted by atomic mass is 19.1. The van der Waals surface area contributed by atoms with Crippen molar-refractivity contribution in [3.8, 4) is 0 Å². The predicted molar refractivity (Wildman–Crippen MR) is 68.9 cm³/mol. The van der Waals surface area contributed by atoms with Crippen LogP contribution in [0.5, 0.6) is 0 Å². The van der Waals surface area contributed by atoms with Gasteiger partial charge >= 0.3 is 5.97 Å². The number of carbonyl (C=O) groups is 2. The lowest BCUT2D eigenvalue weighted by Crippen LogP contribution is -2.42. The van der Waals surface area contributed by atoms with E-state index < -0.39 is 29.9 Å². The molecular formula is C14H17F2NO3. The van der Waals surface area contributed by atoms with Gasteiger partial charge < -0.3 is 9.64 Å². The summed E-state index contributed by atoms with van der Waals surface area (Å²) in [4.78, 5) is 24.6. The fourth-order valence-corrected chi connectivity index (χ4v) is 1.72. The number of nitrogens with zero attached hydrogens (tertiary/aromatic N) is 1. The zero-order valence-corrected chi connectivity index (χ0v) is 11.7. The van der Waals surface area contributed by atoms with Crippen LogP contribution in [0.25, 0.3) is 0 Å². The maximum Gasteiger partial charge on any atom is 0.325 e. The van der Waals surface area contributed by atoms with E-state index in [0.717, 1.165) is 12.1 Å². The molecule has 0 aliphatic heterocycles. The summed E-state index contributed by atoms with van der Waals surface area (Å²) in [5, 5.41) is 0. The van der Waals surface area contributed by atoms with E-state index in [1.165, 1.54) is 18.1 Å². The van der Waals surface area contributed by atoms with Crippen molar-refractivity contribution in [1.29, 1.82) is 0 Å². The Hall–Kier alpha value is -1.98. The van der Waals surface area contributed by atoms with Gasteiger partial charge in [-0.25, -0.2) is 8.78 Å². The van der Waals surface area contributed by atoms with E-state index in [4.69, 9.17) is 0 Å². The number of methoxy groups -OCH3 is 1. The minimum Gasteiger partial charge on any atom is -0.468 e. The molecule has 0 radical (unpaired) electrons. The number of esters is 1. The second-order valence-electron chi connectivity index (χ2n) is 4.57. The van der Waals surface area contributed by atoms with E-state index in [2.05, 4.69) is 4.74 Å². The standard InChI is InChI=1S/C14H17F2NO3/c1-9(2)17(8-14(19)20-3)13(18)7-10-11(15)5-4-6-12(10)16/h4-6,9H,7-8H2,1-3H3. The number of carbonyl (C=O) groups excluding carboxylic acids is 2. The molecule has 1 aromatic rings. The van der Waals surface area contributed by atoms with Gasteiger partial charge in [-0.2, -0.15) is 0 Å². The van der Waals surface area contributed by atoms with E-state index in [1.54, 1.807) is 13.8 Å². The molecule has 20 heavy (non-hydrogen) atoms. The Morgan fingerprint density at radius 2 is 1.80 bits per heavy atom. The lowest BCUT2D eigenvalue weighted by Gasteiger charge is -2.25. The van der Waals surface area contributed by atoms with Crippen LogP contribution >= 0.6 is 0 Å². The van der Waals surface area contributed by atoms with Crippen LogP contribution in [0, 0.1) is 11.6 Å². The van der Waals surface area contributed by atoms with Gasteiger partial charge in [-0.3, -0.25) is 9.59 Å². The number of hydrogen-bond donors (Lipinski definition) is 0. The molecule has 110 valence electrons. The van der Waals surface area contributed by atoms with Crippen LogP contribution in [0.2, 0.25) is 0 Å². The van der Waals surface area contributed by atoms with Crippen LogP contribution in [0.15, 0.2) is 18.2 Å². The third-order valence-corrected chi connectivity index (χ3v) is 2.86. The maximum absolute atomic E-state index is 13.5. The fraction of sp³-hybridized carbons (Fsp3) is 0.429. The van der Waals surface area contributed by atoms with Gasteiger partial charge in [-0.1, -0.05) is 6.07 Å². The average Bonchev–Trinajstić information content (AvgIpc) is 2.39. The van der Waals surface area contributed by atoms with Crippen LogP contribution in [0.3, 0.4) is 0 Å². The van der Waals surface area contributed by atoms with Crippen molar-refractivity contribution in [2.75, 3.05) is 13.7 Å². The molecule has 0 N–H and O–H groups in total. The molecule has 4 nitrogen and oxygen atoms in total. The molecular weight excluding hydrogens is 268 g/mol. The first-order valence-corrected chi connectivity index (χ1v) is 6.16. The topological polar surface area (TPSA) is 46.6 Å². The lowest BCUT2D eigenvalue weighted by atomic mass is 10.1. The Morgan fingerprint density at radius 3 is 2.25 bits per heavy atom. The van der Waals surface area contributed by atoms with Gasteiger partial charge in [0.05, 0.1) is 13.5 Å². The first kappa shape index (κ1) is 16.1. The second-order valence-corrected chi connectivity index (χ2v) is 4.57. The first-order valence-electron chi connectivity index (χ1n) is 6.16. The van der Waals surface area contributed by atoms with Crippen molar-refractivity contribution in [2.24, 2.45) is 0 Å². The number of benzene rings is 1. The summed E-state index contributed by atoms with van der Waals surface area (Å²) in [6.07, 6.45) is -0.437. The molecule has 0 unspecified atom stereocenters. The van der Waals surface area contributed by atoms with Crippen molar-refractivity contribution in [3.63, 3.8) is 0 Å². The minimum atomic E-state index is -0.778. The summed E-state index contributed by atoms with van der Waals surface area (Å²) in [5.41, 5.74) is -0.298. The van der Waals surface area contributed by atoms with Crippen molar-refractivity contribution >= 4 is 11.9 Å². The quantitative estimate of drug-likeness (QED) is 0.776. The smallest absolute Gasteiger partial charge is 0.325 e. The minimum absolute atomic E-state index is 0.247. The first-order chi connectivity index (χ1) is 9.36. The Kier molecular flexibility index (Phi) is 5.61. The monoisotopic (exact) mass is 285 g/mol. The zero-order valence-electron chi connectivity index (χ0n) is 11.7. The Labute approximate surface area is 116 Å². The van der Waals surface area contributed by atoms with Crippen molar-refractivity contribution in [2.45, 2.75) is 26.3 Å². The molecule has 0 aliphatic carbocycles. The Balaban J connectivity index is 2.89. The molecule has 0 fully saturated rings. The van der Waals surface area contributed by atoms with Crippen molar-refractivity contribution in [3.05, 3.63) is 35.4 Å². The predicted octanol–water partition coefficient (Wildman–Crippen LogP) is 1.92. The molecule has 1 rings (SSSR count). The summed E-state index contributed by atoms with van der Waals surface area (Å²) in [6, 6.07) is 3.13. The molecule has 1 aromatic carbocycles. The molecule has 0 bridgehead atoms. The summed E-state index contributed by atoms with van der Waals surface area (Å²) in [6.45, 7) is 3.17. The van der Waals surface area contributed by atoms with Gasteiger partial charge in [-0.15, -0.1) is 0 Å². The highest BCUT2D eigenvalue weighted by Gasteiger charge is 2.23. The largest absolute Gasteiger partial charge is 0.468 e. The van der Waals surface area contributed by atoms with Crippen molar-refractivity contribution in [1.82, 2.24) is 4.90 Å². The van der Waals surface area contributed by atoms with Gasteiger partial charge in [0.1, 0.15) is 18.2 Å². The Morgan fingerprint density at radius 1 is 1.25 bits per heavy atom. The molecule has 0 spiro atoms. The summed E-state index contributed by atoms with van der Waals surface area (Å²) < 4.78 is 31.5. The van der Waals surface area contributed by atoms with Crippen LogP contribution in [0.1, 0.15) is 19.4 Å². The molecule has 0 heterocycles. The molecule has 0 saturated carbocycles. The van der Waals surface area contributed by atoms with Crippen molar-refractivity contribution < 1.29 is 23.1 Å². The van der Waals surface area contributed by atoms with Crippen LogP contribution in [-0.2, 0) is 20.7 Å². The van der Waals surface area contributed by atoms with E-state index in [1.807, 2.05) is 0 Å². The van der Waals surface area contributed by atoms with Crippen LogP contribution < -0.4 is 0 Å². The number of hydrogen-bond acceptors (Lipinski definition) is 3. The molecule has 0 saturated heterocycles. The maximum atomic E-state index is 13.5. The molecule has 1 amide bonds. The second kappa shape index (κ2) is 6.98. The van der Waals surface area contributed by atoms with Crippen LogP contribution in [0.4, 0.5) is 8.78 Å². The van der Waals surface area contributed by atoms with Gasteiger partial charge in [-0.05, 0) is 26.0 Å². The van der Waals surface area contributed by atoms with Gasteiger partial charge in [0, 0.05) is 11.6 Å². The third kappa shape index (κ3) is 4.01. The number of amides is 1. The molecule has 0 aliphatic rings. The fourth-order valence-electron chi connectivity index (χ4n) is 1.72. The molecule has 0 aromatic heterocycles. The lowest BCUT2D eigenvalue weighted by molar-refractivity contribution is -0.148. The van der Waals surface area contributed by atoms with E-state index in [-0.39, 0.29) is 18.2 Å². The summed E-state index contributed by atoms with van der Waals surface area (Å²) >= 11 is 0. The van der Waals surface area contributed by atoms with E-state index in [0.29, 0.717) is 0 Å². The summed E-state index contributed by atoms with van der Waals surface area (Å²) in [7, 11) is 1.21. The molecule has 0 atom stereocenters. The number of ether oxygens (including phenoxy) is 1. The van der Waals surface area contributed by atoms with Gasteiger partial charge in [0.2, 0.25) is 5.91 Å². The third-order valence-electron chi connectivity index (χ3n) is 2.86. The number of rotatable bonds is 5. The van der Waals surface area contributed by atoms with Gasteiger partial charge in [0.25, 0.3) is 0 Å². The van der Waals surface area contributed by atoms with Crippen LogP contribution in [-0.4, -0.2) is 36.5 Å². The highest BCUT2D eigenvalue weighted by Crippen LogP contribution is 2.14. The van der Waals surface area contributed by atoms with E-state index >= 15 is 0 Å². The highest BCUT2D eigenvalue weighted by molar-refractivity contribution is 5.83. The normalized spacial score (nSPS) is 10.5. The SMILES string of the molecule is COC(=O)CN(C(=O)Cc1c(F)cccc1F)C(C)C. The van der Waals surface area contributed by atoms with E-state index in [9.17, 15) is 18.4 Å². The average molecular weight is 285 g/mol. The summed E-state index contributed by atoms with van der Waals surface area (Å²) in [5.74, 6) is -2.67. The Bertz CT molecular complexity index is 483. The zero-order chi connectivity index (χ0) is 15.3. The number of halogens is 2. The molecule has 6 heteroatoms. The van der Waals surface area contributed by atoms with Gasteiger partial charge in [0.15, 0.2) is 0 Å².